The molecule has 0 saturated heterocycles. The van der Waals surface area contributed by atoms with Crippen LogP contribution >= 0.6 is 0 Å². The number of carbonyl (C=O) groups excluding carboxylic acids is 1. The van der Waals surface area contributed by atoms with E-state index in [0.717, 1.165) is 22.0 Å². The summed E-state index contributed by atoms with van der Waals surface area (Å²) in [6.07, 6.45) is 3.66. The Bertz CT molecular complexity index is 1650. The molecule has 186 valence electrons. The van der Waals surface area contributed by atoms with E-state index in [2.05, 4.69) is 20.4 Å². The molecule has 37 heavy (non-hydrogen) atoms. The van der Waals surface area contributed by atoms with Crippen LogP contribution in [-0.4, -0.2) is 39.4 Å². The summed E-state index contributed by atoms with van der Waals surface area (Å²) in [5.41, 5.74) is 5.24. The number of methoxy groups -OCH3 is 1. The van der Waals surface area contributed by atoms with Crippen molar-refractivity contribution in [3.63, 3.8) is 0 Å². The monoisotopic (exact) mass is 496 g/mol. The highest BCUT2D eigenvalue weighted by molar-refractivity contribution is 6.06. The van der Waals surface area contributed by atoms with E-state index in [1.54, 1.807) is 6.20 Å². The first kappa shape index (κ1) is 23.8. The summed E-state index contributed by atoms with van der Waals surface area (Å²) in [6, 6.07) is 13.5. The van der Waals surface area contributed by atoms with Crippen molar-refractivity contribution in [1.82, 2.24) is 19.7 Å². The molecule has 5 aromatic rings. The first-order valence-electron chi connectivity index (χ1n) is 11.6. The van der Waals surface area contributed by atoms with Gasteiger partial charge in [-0.2, -0.15) is 5.26 Å². The van der Waals surface area contributed by atoms with Crippen molar-refractivity contribution in [1.29, 1.82) is 5.26 Å². The molecule has 0 amide bonds. The van der Waals surface area contributed by atoms with Gasteiger partial charge in [-0.1, -0.05) is 35.5 Å². The summed E-state index contributed by atoms with van der Waals surface area (Å²) in [5, 5.41) is 16.9. The molecule has 3 heterocycles. The van der Waals surface area contributed by atoms with Gasteiger partial charge in [0.25, 0.3) is 0 Å². The van der Waals surface area contributed by atoms with Crippen molar-refractivity contribution in [2.24, 2.45) is 0 Å². The lowest BCUT2D eigenvalue weighted by atomic mass is 10.00. The Morgan fingerprint density at radius 2 is 2.00 bits per heavy atom. The summed E-state index contributed by atoms with van der Waals surface area (Å²) >= 11 is 0. The highest BCUT2D eigenvalue weighted by Gasteiger charge is 2.23. The van der Waals surface area contributed by atoms with Crippen LogP contribution in [0.5, 0.6) is 5.75 Å². The van der Waals surface area contributed by atoms with Gasteiger partial charge in [-0.05, 0) is 38.5 Å². The molecule has 0 spiro atoms. The molecular formula is C27H24N6O4. The first-order valence-corrected chi connectivity index (χ1v) is 11.6. The van der Waals surface area contributed by atoms with Crippen molar-refractivity contribution < 1.29 is 18.8 Å². The number of rotatable bonds is 7. The van der Waals surface area contributed by atoms with Crippen LogP contribution in [0.25, 0.3) is 33.1 Å². The summed E-state index contributed by atoms with van der Waals surface area (Å²) in [6.45, 7) is 5.42. The number of nitriles is 1. The van der Waals surface area contributed by atoms with Crippen LogP contribution < -0.4 is 10.1 Å². The summed E-state index contributed by atoms with van der Waals surface area (Å²) in [7, 11) is 1.31. The average molecular weight is 497 g/mol. The number of hydrogen-bond acceptors (Lipinski definition) is 9. The molecule has 0 unspecified atom stereocenters. The molecule has 2 aromatic carbocycles. The van der Waals surface area contributed by atoms with E-state index in [1.807, 2.05) is 74.0 Å². The lowest BCUT2D eigenvalue weighted by molar-refractivity contribution is -0.142. The zero-order valence-electron chi connectivity index (χ0n) is 20.8. The molecule has 1 atom stereocenters. The minimum absolute atomic E-state index is 0.158. The normalized spacial score (nSPS) is 11.9. The lowest BCUT2D eigenvalue weighted by Crippen LogP contribution is -2.13. The van der Waals surface area contributed by atoms with Crippen LogP contribution in [0.1, 0.15) is 30.0 Å². The van der Waals surface area contributed by atoms with Gasteiger partial charge in [0.2, 0.25) is 5.95 Å². The second kappa shape index (κ2) is 9.62. The van der Waals surface area contributed by atoms with Crippen molar-refractivity contribution in [3.05, 3.63) is 65.7 Å². The van der Waals surface area contributed by atoms with Gasteiger partial charge in [-0.15, -0.1) is 0 Å². The number of carbonyl (C=O) groups is 1. The number of ether oxygens (including phenoxy) is 2. The minimum atomic E-state index is -0.510. The van der Waals surface area contributed by atoms with Crippen LogP contribution in [0, 0.1) is 25.3 Å². The van der Waals surface area contributed by atoms with Crippen molar-refractivity contribution in [2.45, 2.75) is 26.8 Å². The molecule has 10 nitrogen and oxygen atoms in total. The van der Waals surface area contributed by atoms with Gasteiger partial charge in [0.05, 0.1) is 41.6 Å². The smallest absolute Gasteiger partial charge is 0.343 e. The maximum Gasteiger partial charge on any atom is 0.343 e. The molecule has 5 rings (SSSR count). The number of aryl methyl sites for hydroxylation is 2. The van der Waals surface area contributed by atoms with E-state index in [-0.39, 0.29) is 12.6 Å². The maximum atomic E-state index is 11.9. The molecule has 0 fully saturated rings. The van der Waals surface area contributed by atoms with Gasteiger partial charge < -0.3 is 18.6 Å². The Morgan fingerprint density at radius 1 is 1.22 bits per heavy atom. The molecule has 0 radical (unpaired) electrons. The van der Waals surface area contributed by atoms with Crippen LogP contribution in [0.3, 0.4) is 0 Å². The Morgan fingerprint density at radius 3 is 2.68 bits per heavy atom. The number of anilines is 1. The number of aromatic nitrogens is 4. The van der Waals surface area contributed by atoms with Crippen molar-refractivity contribution in [2.75, 3.05) is 19.0 Å². The highest BCUT2D eigenvalue weighted by Crippen LogP contribution is 2.40. The molecule has 10 heteroatoms. The molecule has 0 aliphatic heterocycles. The fraction of sp³-hybridized carbons (Fsp3) is 0.222. The number of benzene rings is 2. The minimum Gasteiger partial charge on any atom is -0.481 e. The Labute approximate surface area is 212 Å². The van der Waals surface area contributed by atoms with E-state index >= 15 is 0 Å². The summed E-state index contributed by atoms with van der Waals surface area (Å²) in [4.78, 5) is 21.2. The van der Waals surface area contributed by atoms with E-state index in [1.165, 1.54) is 7.11 Å². The maximum absolute atomic E-state index is 11.9. The number of nitrogens with one attached hydrogen (secondary N) is 1. The van der Waals surface area contributed by atoms with E-state index in [9.17, 15) is 10.1 Å². The number of imidazole rings is 1. The van der Waals surface area contributed by atoms with Crippen LogP contribution in [0.4, 0.5) is 5.95 Å². The molecule has 0 bridgehead atoms. The van der Waals surface area contributed by atoms with Crippen LogP contribution in [-0.2, 0) is 9.53 Å². The van der Waals surface area contributed by atoms with Gasteiger partial charge in [0.15, 0.2) is 12.8 Å². The third-order valence-corrected chi connectivity index (χ3v) is 6.33. The van der Waals surface area contributed by atoms with Gasteiger partial charge in [0.1, 0.15) is 17.0 Å². The fourth-order valence-electron chi connectivity index (χ4n) is 4.58. The fourth-order valence-corrected chi connectivity index (χ4v) is 4.58. The molecule has 3 aromatic heterocycles. The summed E-state index contributed by atoms with van der Waals surface area (Å²) < 4.78 is 18.1. The topological polar surface area (TPSA) is 128 Å². The average Bonchev–Trinajstić information content (AvgIpc) is 3.45. The molecule has 0 saturated carbocycles. The van der Waals surface area contributed by atoms with Gasteiger partial charge in [0, 0.05) is 10.9 Å². The van der Waals surface area contributed by atoms with Crippen molar-refractivity contribution in [3.8, 4) is 23.1 Å². The lowest BCUT2D eigenvalue weighted by Gasteiger charge is -2.19. The molecular weight excluding hydrogens is 472 g/mol. The molecule has 0 aliphatic carbocycles. The van der Waals surface area contributed by atoms with Gasteiger partial charge in [-0.3, -0.25) is 10.3 Å². The predicted molar refractivity (Wildman–Crippen MR) is 137 cm³/mol. The Kier molecular flexibility index (Phi) is 6.19. The third kappa shape index (κ3) is 4.21. The third-order valence-electron chi connectivity index (χ3n) is 6.33. The zero-order valence-corrected chi connectivity index (χ0v) is 20.8. The Hall–Kier alpha value is -4.91. The van der Waals surface area contributed by atoms with Crippen LogP contribution in [0.15, 0.2) is 53.2 Å². The van der Waals surface area contributed by atoms with Gasteiger partial charge >= 0.3 is 5.97 Å². The first-order chi connectivity index (χ1) is 17.9. The Balaban J connectivity index is 1.80. The predicted octanol–water partition coefficient (Wildman–Crippen LogP) is 4.91. The van der Waals surface area contributed by atoms with Gasteiger partial charge in [-0.25, -0.2) is 9.78 Å². The van der Waals surface area contributed by atoms with E-state index in [4.69, 9.17) is 14.0 Å². The van der Waals surface area contributed by atoms with Crippen LogP contribution in [0.2, 0.25) is 0 Å². The van der Waals surface area contributed by atoms with Crippen molar-refractivity contribution >= 4 is 33.9 Å². The second-order valence-electron chi connectivity index (χ2n) is 8.55. The number of nitrogens with zero attached hydrogens (tertiary/aromatic N) is 5. The SMILES string of the molecule is COC(=O)COc1cc2c(cc1-c1c(C)noc1C)ncc1nc(NC#N)n([C@H](C)c3ccccc3)c12. The molecule has 0 aliphatic rings. The van der Waals surface area contributed by atoms with E-state index in [0.29, 0.717) is 39.7 Å². The number of esters is 1. The number of fused-ring (bicyclic) bond motifs is 3. The standard InChI is InChI=1S/C27H24N6O4/c1-15-25(17(3)37-32-15)20-10-21-19(11-23(20)36-13-24(34)35-4)26-22(12-29-21)31-27(30-14-28)33(26)16(2)18-8-6-5-7-9-18/h5-12,16H,13H2,1-4H3,(H,30,31)/t16-/m1/s1. The summed E-state index contributed by atoms with van der Waals surface area (Å²) in [5.74, 6) is 0.944. The highest BCUT2D eigenvalue weighted by atomic mass is 16.6. The zero-order chi connectivity index (χ0) is 26.1. The quantitative estimate of drug-likeness (QED) is 0.190. The molecule has 1 N–H and O–H groups in total. The number of pyridine rings is 1. The number of hydrogen-bond donors (Lipinski definition) is 1. The largest absolute Gasteiger partial charge is 0.481 e. The van der Waals surface area contributed by atoms with E-state index < -0.39 is 5.97 Å². The second-order valence-corrected chi connectivity index (χ2v) is 8.55.